The van der Waals surface area contributed by atoms with Crippen LogP contribution in [0.3, 0.4) is 0 Å². The van der Waals surface area contributed by atoms with Gasteiger partial charge in [0.25, 0.3) is 5.91 Å². The largest absolute Gasteiger partial charge is 0.387 e. The minimum Gasteiger partial charge on any atom is -0.387 e. The Balaban J connectivity index is 2.14. The molecule has 0 radical (unpaired) electrons. The molecule has 0 spiro atoms. The summed E-state index contributed by atoms with van der Waals surface area (Å²) in [6.45, 7) is 5.18. The summed E-state index contributed by atoms with van der Waals surface area (Å²) in [6, 6.07) is 0. The first-order chi connectivity index (χ1) is 9.36. The molecule has 0 unspecified atom stereocenters. The van der Waals surface area contributed by atoms with Gasteiger partial charge in [-0.15, -0.1) is 0 Å². The number of carbonyl (C=O) groups excluding carboxylic acids is 1. The number of carbonyl (C=O) groups is 1. The normalized spacial score (nSPS) is 22.8. The standard InChI is InChI=1S/C14H23N3O3/c1-5-11-12(10(2)20-15-11)13(18)17-7-6-14(19,9-17)8-16(3)4/h19H,5-9H2,1-4H3/t14-/m1/s1. The first-order valence-electron chi connectivity index (χ1n) is 6.98. The van der Waals surface area contributed by atoms with E-state index in [0.717, 1.165) is 0 Å². The van der Waals surface area contributed by atoms with Crippen LogP contribution in [0.4, 0.5) is 0 Å². The molecule has 1 N–H and O–H groups in total. The van der Waals surface area contributed by atoms with Crippen LogP contribution in [0.5, 0.6) is 0 Å². The van der Waals surface area contributed by atoms with Gasteiger partial charge in [-0.25, -0.2) is 0 Å². The van der Waals surface area contributed by atoms with Crippen molar-refractivity contribution in [3.63, 3.8) is 0 Å². The van der Waals surface area contributed by atoms with Crippen molar-refractivity contribution in [3.05, 3.63) is 17.0 Å². The van der Waals surface area contributed by atoms with Gasteiger partial charge in [0.1, 0.15) is 11.3 Å². The molecule has 1 aromatic rings. The van der Waals surface area contributed by atoms with Crippen LogP contribution in [0.1, 0.15) is 35.2 Å². The van der Waals surface area contributed by atoms with Crippen molar-refractivity contribution in [3.8, 4) is 0 Å². The summed E-state index contributed by atoms with van der Waals surface area (Å²) in [7, 11) is 3.84. The SMILES string of the molecule is CCc1noc(C)c1C(=O)N1CC[C@@](O)(CN(C)C)C1. The van der Waals surface area contributed by atoms with Crippen molar-refractivity contribution < 1.29 is 14.4 Å². The quantitative estimate of drug-likeness (QED) is 0.879. The van der Waals surface area contributed by atoms with Crippen molar-refractivity contribution in [2.75, 3.05) is 33.7 Å². The van der Waals surface area contributed by atoms with Crippen molar-refractivity contribution in [1.29, 1.82) is 0 Å². The topological polar surface area (TPSA) is 69.8 Å². The molecule has 1 atom stereocenters. The Morgan fingerprint density at radius 1 is 1.55 bits per heavy atom. The molecule has 6 nitrogen and oxygen atoms in total. The number of hydrogen-bond donors (Lipinski definition) is 1. The zero-order chi connectivity index (χ0) is 14.9. The minimum atomic E-state index is -0.823. The highest BCUT2D eigenvalue weighted by Gasteiger charge is 2.39. The lowest BCUT2D eigenvalue weighted by Crippen LogP contribution is -2.43. The molecule has 1 aliphatic heterocycles. The Hall–Kier alpha value is -1.40. The summed E-state index contributed by atoms with van der Waals surface area (Å²) in [4.78, 5) is 16.2. The molecule has 6 heteroatoms. The average molecular weight is 281 g/mol. The maximum Gasteiger partial charge on any atom is 0.259 e. The monoisotopic (exact) mass is 281 g/mol. The number of β-amino-alcohol motifs (C(OH)–C–C–N with tert-alkyl or cyclic N) is 1. The number of hydrogen-bond acceptors (Lipinski definition) is 5. The van der Waals surface area contributed by atoms with Crippen LogP contribution in [0.2, 0.25) is 0 Å². The van der Waals surface area contributed by atoms with E-state index in [0.29, 0.717) is 49.5 Å². The summed E-state index contributed by atoms with van der Waals surface area (Å²) < 4.78 is 5.12. The number of aliphatic hydroxyl groups is 1. The van der Waals surface area contributed by atoms with E-state index in [1.165, 1.54) is 0 Å². The second kappa shape index (κ2) is 5.54. The molecule has 1 amide bonds. The second-order valence-electron chi connectivity index (χ2n) is 5.85. The molecule has 0 bridgehead atoms. The van der Waals surface area contributed by atoms with Gasteiger partial charge < -0.3 is 19.4 Å². The molecule has 20 heavy (non-hydrogen) atoms. The van der Waals surface area contributed by atoms with Crippen LogP contribution in [-0.4, -0.2) is 65.3 Å². The number of aromatic nitrogens is 1. The van der Waals surface area contributed by atoms with E-state index >= 15 is 0 Å². The van der Waals surface area contributed by atoms with E-state index in [1.807, 2.05) is 25.9 Å². The number of likely N-dealkylation sites (N-methyl/N-ethyl adjacent to an activating group) is 1. The Bertz CT molecular complexity index is 498. The molecule has 2 heterocycles. The highest BCUT2D eigenvalue weighted by atomic mass is 16.5. The van der Waals surface area contributed by atoms with Gasteiger partial charge in [0, 0.05) is 13.1 Å². The first-order valence-corrected chi connectivity index (χ1v) is 6.98. The fourth-order valence-corrected chi connectivity index (χ4v) is 2.84. The van der Waals surface area contributed by atoms with Gasteiger partial charge in [-0.2, -0.15) is 0 Å². The van der Waals surface area contributed by atoms with Crippen molar-refractivity contribution in [2.45, 2.75) is 32.3 Å². The predicted octanol–water partition coefficient (Wildman–Crippen LogP) is 0.684. The van der Waals surface area contributed by atoms with E-state index in [9.17, 15) is 9.90 Å². The predicted molar refractivity (Wildman–Crippen MR) is 74.6 cm³/mol. The number of nitrogens with zero attached hydrogens (tertiary/aromatic N) is 3. The summed E-state index contributed by atoms with van der Waals surface area (Å²) >= 11 is 0. The number of likely N-dealkylation sites (tertiary alicyclic amines) is 1. The van der Waals surface area contributed by atoms with Gasteiger partial charge in [0.05, 0.1) is 17.8 Å². The van der Waals surface area contributed by atoms with Crippen LogP contribution >= 0.6 is 0 Å². The van der Waals surface area contributed by atoms with Gasteiger partial charge in [-0.3, -0.25) is 4.79 Å². The van der Waals surface area contributed by atoms with E-state index in [1.54, 1.807) is 11.8 Å². The smallest absolute Gasteiger partial charge is 0.259 e. The summed E-state index contributed by atoms with van der Waals surface area (Å²) in [6.07, 6.45) is 1.26. The van der Waals surface area contributed by atoms with Crippen molar-refractivity contribution >= 4 is 5.91 Å². The molecule has 2 rings (SSSR count). The van der Waals surface area contributed by atoms with Gasteiger partial charge in [0.15, 0.2) is 0 Å². The zero-order valence-corrected chi connectivity index (χ0v) is 12.6. The Kier molecular flexibility index (Phi) is 4.15. The maximum absolute atomic E-state index is 12.6. The Morgan fingerprint density at radius 2 is 2.25 bits per heavy atom. The third kappa shape index (κ3) is 2.86. The molecule has 1 aliphatic rings. The zero-order valence-electron chi connectivity index (χ0n) is 12.6. The van der Waals surface area contributed by atoms with Crippen LogP contribution in [0.15, 0.2) is 4.52 Å². The summed E-state index contributed by atoms with van der Waals surface area (Å²) in [5.74, 6) is 0.463. The van der Waals surface area contributed by atoms with Gasteiger partial charge >= 0.3 is 0 Å². The number of rotatable bonds is 4. The highest BCUT2D eigenvalue weighted by Crippen LogP contribution is 2.25. The lowest BCUT2D eigenvalue weighted by Gasteiger charge is -2.26. The third-order valence-corrected chi connectivity index (χ3v) is 3.71. The second-order valence-corrected chi connectivity index (χ2v) is 5.85. The fourth-order valence-electron chi connectivity index (χ4n) is 2.84. The lowest BCUT2D eigenvalue weighted by molar-refractivity contribution is 0.0235. The fraction of sp³-hybridized carbons (Fsp3) is 0.714. The molecule has 1 saturated heterocycles. The van der Waals surface area contributed by atoms with Crippen LogP contribution in [0.25, 0.3) is 0 Å². The van der Waals surface area contributed by atoms with E-state index in [4.69, 9.17) is 4.52 Å². The minimum absolute atomic E-state index is 0.0877. The van der Waals surface area contributed by atoms with Crippen LogP contribution < -0.4 is 0 Å². The van der Waals surface area contributed by atoms with Gasteiger partial charge in [-0.1, -0.05) is 12.1 Å². The lowest BCUT2D eigenvalue weighted by atomic mass is 10.0. The molecule has 112 valence electrons. The number of aryl methyl sites for hydroxylation is 2. The van der Waals surface area contributed by atoms with E-state index < -0.39 is 5.60 Å². The van der Waals surface area contributed by atoms with Crippen molar-refractivity contribution in [1.82, 2.24) is 15.0 Å². The molecule has 0 aliphatic carbocycles. The maximum atomic E-state index is 12.6. The Labute approximate surface area is 119 Å². The molecular weight excluding hydrogens is 258 g/mol. The molecule has 1 aromatic heterocycles. The van der Waals surface area contributed by atoms with E-state index in [2.05, 4.69) is 5.16 Å². The highest BCUT2D eigenvalue weighted by molar-refractivity contribution is 5.96. The molecule has 0 aromatic carbocycles. The van der Waals surface area contributed by atoms with E-state index in [-0.39, 0.29) is 5.91 Å². The van der Waals surface area contributed by atoms with Crippen LogP contribution in [0, 0.1) is 6.92 Å². The number of amides is 1. The summed E-state index contributed by atoms with van der Waals surface area (Å²) in [5.41, 5.74) is 0.425. The first kappa shape index (κ1) is 15.0. The average Bonchev–Trinajstić information content (AvgIpc) is 2.91. The summed E-state index contributed by atoms with van der Waals surface area (Å²) in [5, 5.41) is 14.4. The van der Waals surface area contributed by atoms with Gasteiger partial charge in [-0.05, 0) is 33.9 Å². The molecule has 0 saturated carbocycles. The molecular formula is C14H23N3O3. The van der Waals surface area contributed by atoms with Gasteiger partial charge in [0.2, 0.25) is 0 Å². The molecule has 1 fully saturated rings. The van der Waals surface area contributed by atoms with Crippen LogP contribution in [-0.2, 0) is 6.42 Å². The van der Waals surface area contributed by atoms with Crippen molar-refractivity contribution in [2.24, 2.45) is 0 Å². The Morgan fingerprint density at radius 3 is 2.85 bits per heavy atom. The third-order valence-electron chi connectivity index (χ3n) is 3.71.